The smallest absolute Gasteiger partial charge is 0.278 e. The van der Waals surface area contributed by atoms with Crippen LogP contribution in [-0.2, 0) is 11.8 Å². The zero-order chi connectivity index (χ0) is 20.0. The lowest BCUT2D eigenvalue weighted by Crippen LogP contribution is -2.45. The van der Waals surface area contributed by atoms with E-state index in [9.17, 15) is 9.59 Å². The SMILES string of the molecule is Cc1nonc1C(=O)N1CCC2(CCc3c2nc(-c2ccccc2)[nH]c3=O)CC1. The standard InChI is InChI=1S/C21H21N5O3/c1-13-16(25-29-24-13)20(28)26-11-9-21(10-12-26)8-7-15-17(21)22-18(23-19(15)27)14-5-3-2-4-6-14/h2-6H,7-12H2,1H3,(H,22,23,27). The van der Waals surface area contributed by atoms with Crippen molar-refractivity contribution in [2.45, 2.75) is 38.0 Å². The van der Waals surface area contributed by atoms with Crippen LogP contribution in [0, 0.1) is 6.92 Å². The van der Waals surface area contributed by atoms with Gasteiger partial charge in [-0.3, -0.25) is 9.59 Å². The van der Waals surface area contributed by atoms with E-state index in [0.29, 0.717) is 24.6 Å². The molecular weight excluding hydrogens is 370 g/mol. The van der Waals surface area contributed by atoms with E-state index in [-0.39, 0.29) is 22.6 Å². The molecule has 0 radical (unpaired) electrons. The predicted octanol–water partition coefficient (Wildman–Crippen LogP) is 2.25. The first kappa shape index (κ1) is 17.8. The number of piperidine rings is 1. The van der Waals surface area contributed by atoms with E-state index in [0.717, 1.165) is 42.5 Å². The average Bonchev–Trinajstić information content (AvgIpc) is 3.33. The highest BCUT2D eigenvalue weighted by Crippen LogP contribution is 2.44. The van der Waals surface area contributed by atoms with Crippen LogP contribution in [0.5, 0.6) is 0 Å². The quantitative estimate of drug-likeness (QED) is 0.718. The van der Waals surface area contributed by atoms with Crippen molar-refractivity contribution < 1.29 is 9.42 Å². The molecule has 1 spiro atoms. The van der Waals surface area contributed by atoms with E-state index in [1.807, 2.05) is 30.3 Å². The Bertz CT molecular complexity index is 1130. The zero-order valence-corrected chi connectivity index (χ0v) is 16.1. The molecule has 148 valence electrons. The minimum atomic E-state index is -0.152. The molecule has 0 atom stereocenters. The summed E-state index contributed by atoms with van der Waals surface area (Å²) in [7, 11) is 0. The summed E-state index contributed by atoms with van der Waals surface area (Å²) in [6.45, 7) is 2.91. The lowest BCUT2D eigenvalue weighted by molar-refractivity contribution is 0.0652. The molecule has 1 aromatic carbocycles. The summed E-state index contributed by atoms with van der Waals surface area (Å²) in [6, 6.07) is 9.70. The van der Waals surface area contributed by atoms with Crippen LogP contribution in [0.3, 0.4) is 0 Å². The van der Waals surface area contributed by atoms with Crippen LogP contribution in [0.25, 0.3) is 11.4 Å². The maximum Gasteiger partial charge on any atom is 0.278 e. The number of aryl methyl sites for hydroxylation is 1. The number of carbonyl (C=O) groups excluding carboxylic acids is 1. The van der Waals surface area contributed by atoms with Gasteiger partial charge >= 0.3 is 0 Å². The summed E-state index contributed by atoms with van der Waals surface area (Å²) < 4.78 is 4.67. The van der Waals surface area contributed by atoms with Crippen LogP contribution >= 0.6 is 0 Å². The molecule has 2 aromatic heterocycles. The molecule has 1 fully saturated rings. The summed E-state index contributed by atoms with van der Waals surface area (Å²) in [5.74, 6) is 0.457. The molecule has 0 saturated carbocycles. The van der Waals surface area contributed by atoms with Crippen LogP contribution in [-0.4, -0.2) is 44.2 Å². The molecule has 1 aliphatic heterocycles. The number of nitrogens with one attached hydrogen (secondary N) is 1. The van der Waals surface area contributed by atoms with Crippen LogP contribution in [0.15, 0.2) is 39.8 Å². The van der Waals surface area contributed by atoms with Gasteiger partial charge in [-0.2, -0.15) is 0 Å². The van der Waals surface area contributed by atoms with Crippen LogP contribution in [0.1, 0.15) is 46.7 Å². The topological polar surface area (TPSA) is 105 Å². The van der Waals surface area contributed by atoms with Crippen LogP contribution in [0.4, 0.5) is 0 Å². The minimum absolute atomic E-state index is 0.0477. The number of H-pyrrole nitrogens is 1. The first-order chi connectivity index (χ1) is 14.1. The Morgan fingerprint density at radius 1 is 1.14 bits per heavy atom. The Labute approximate surface area is 166 Å². The van der Waals surface area contributed by atoms with Crippen LogP contribution in [0.2, 0.25) is 0 Å². The average molecular weight is 391 g/mol. The van der Waals surface area contributed by atoms with Crippen molar-refractivity contribution in [3.05, 3.63) is 63.3 Å². The molecule has 29 heavy (non-hydrogen) atoms. The van der Waals surface area contributed by atoms with Gasteiger partial charge in [0, 0.05) is 29.6 Å². The molecule has 3 heterocycles. The van der Waals surface area contributed by atoms with Crippen molar-refractivity contribution in [3.8, 4) is 11.4 Å². The molecule has 0 bridgehead atoms. The third-order valence-corrected chi connectivity index (χ3v) is 6.28. The Kier molecular flexibility index (Phi) is 4.08. The van der Waals surface area contributed by atoms with Crippen molar-refractivity contribution in [2.24, 2.45) is 0 Å². The number of hydrogen-bond donors (Lipinski definition) is 1. The molecule has 1 aliphatic carbocycles. The maximum atomic E-state index is 12.7. The van der Waals surface area contributed by atoms with E-state index >= 15 is 0 Å². The number of aromatic nitrogens is 4. The van der Waals surface area contributed by atoms with E-state index in [2.05, 4.69) is 19.9 Å². The fraction of sp³-hybridized carbons (Fsp3) is 0.381. The van der Waals surface area contributed by atoms with E-state index in [1.54, 1.807) is 11.8 Å². The molecule has 2 aliphatic rings. The lowest BCUT2D eigenvalue weighted by atomic mass is 9.76. The monoisotopic (exact) mass is 391 g/mol. The van der Waals surface area contributed by atoms with Gasteiger partial charge in [-0.1, -0.05) is 35.5 Å². The van der Waals surface area contributed by atoms with Gasteiger partial charge in [-0.25, -0.2) is 9.61 Å². The number of likely N-dealkylation sites (tertiary alicyclic amines) is 1. The number of rotatable bonds is 2. The van der Waals surface area contributed by atoms with E-state index < -0.39 is 0 Å². The molecule has 1 N–H and O–H groups in total. The second-order valence-corrected chi connectivity index (χ2v) is 7.88. The first-order valence-corrected chi connectivity index (χ1v) is 9.85. The van der Waals surface area contributed by atoms with Crippen molar-refractivity contribution in [2.75, 3.05) is 13.1 Å². The predicted molar refractivity (Wildman–Crippen MR) is 104 cm³/mol. The highest BCUT2D eigenvalue weighted by Gasteiger charge is 2.45. The van der Waals surface area contributed by atoms with Crippen LogP contribution < -0.4 is 5.56 Å². The Morgan fingerprint density at radius 2 is 1.90 bits per heavy atom. The second-order valence-electron chi connectivity index (χ2n) is 7.88. The number of nitrogens with zero attached hydrogens (tertiary/aromatic N) is 4. The number of benzene rings is 1. The number of amides is 1. The summed E-state index contributed by atoms with van der Waals surface area (Å²) in [6.07, 6.45) is 3.18. The highest BCUT2D eigenvalue weighted by atomic mass is 16.6. The summed E-state index contributed by atoms with van der Waals surface area (Å²) in [5, 5.41) is 7.44. The number of hydrogen-bond acceptors (Lipinski definition) is 6. The van der Waals surface area contributed by atoms with Crippen molar-refractivity contribution in [3.63, 3.8) is 0 Å². The second kappa shape index (κ2) is 6.65. The molecule has 1 amide bonds. The molecule has 8 nitrogen and oxygen atoms in total. The van der Waals surface area contributed by atoms with Gasteiger partial charge in [0.25, 0.3) is 11.5 Å². The van der Waals surface area contributed by atoms with E-state index in [4.69, 9.17) is 4.98 Å². The molecule has 1 saturated heterocycles. The van der Waals surface area contributed by atoms with Gasteiger partial charge in [0.2, 0.25) is 0 Å². The first-order valence-electron chi connectivity index (χ1n) is 9.85. The molecular formula is C21H21N5O3. The molecule has 5 rings (SSSR count). The zero-order valence-electron chi connectivity index (χ0n) is 16.1. The summed E-state index contributed by atoms with van der Waals surface area (Å²) in [4.78, 5) is 35.1. The largest absolute Gasteiger partial charge is 0.337 e. The van der Waals surface area contributed by atoms with E-state index in [1.165, 1.54) is 0 Å². The van der Waals surface area contributed by atoms with Gasteiger partial charge in [-0.15, -0.1) is 0 Å². The van der Waals surface area contributed by atoms with Crippen molar-refractivity contribution in [1.29, 1.82) is 0 Å². The molecule has 0 unspecified atom stereocenters. The van der Waals surface area contributed by atoms with Crippen molar-refractivity contribution >= 4 is 5.91 Å². The van der Waals surface area contributed by atoms with Gasteiger partial charge < -0.3 is 9.88 Å². The van der Waals surface area contributed by atoms with Gasteiger partial charge in [-0.05, 0) is 37.8 Å². The number of carbonyl (C=O) groups is 1. The van der Waals surface area contributed by atoms with Crippen molar-refractivity contribution in [1.82, 2.24) is 25.2 Å². The normalized spacial score (nSPS) is 17.5. The fourth-order valence-corrected chi connectivity index (χ4v) is 4.58. The van der Waals surface area contributed by atoms with Gasteiger partial charge in [0.15, 0.2) is 5.69 Å². The highest BCUT2D eigenvalue weighted by molar-refractivity contribution is 5.93. The Morgan fingerprint density at radius 3 is 2.59 bits per heavy atom. The Hall–Kier alpha value is -3.29. The molecule has 8 heteroatoms. The van der Waals surface area contributed by atoms with Gasteiger partial charge in [0.1, 0.15) is 11.5 Å². The Balaban J connectivity index is 1.43. The fourth-order valence-electron chi connectivity index (χ4n) is 4.58. The summed E-state index contributed by atoms with van der Waals surface area (Å²) in [5.41, 5.74) is 3.18. The third kappa shape index (κ3) is 2.86. The van der Waals surface area contributed by atoms with Gasteiger partial charge in [0.05, 0.1) is 5.69 Å². The third-order valence-electron chi connectivity index (χ3n) is 6.28. The number of fused-ring (bicyclic) bond motifs is 2. The summed E-state index contributed by atoms with van der Waals surface area (Å²) >= 11 is 0. The minimum Gasteiger partial charge on any atom is -0.337 e. The molecule has 3 aromatic rings. The maximum absolute atomic E-state index is 12.7. The lowest BCUT2D eigenvalue weighted by Gasteiger charge is -2.39. The number of aromatic amines is 1.